The molecule has 3 nitrogen and oxygen atoms in total. The smallest absolute Gasteiger partial charge is 0.172 e. The van der Waals surface area contributed by atoms with E-state index in [1.54, 1.807) is 25.6 Å². The Kier molecular flexibility index (Phi) is 6.53. The molecule has 16 heavy (non-hydrogen) atoms. The number of hydrogen-bond acceptors (Lipinski definition) is 4. The van der Waals surface area contributed by atoms with Crippen LogP contribution in [0.2, 0.25) is 0 Å². The third kappa shape index (κ3) is 4.14. The summed E-state index contributed by atoms with van der Waals surface area (Å²) < 4.78 is 11.8. The van der Waals surface area contributed by atoms with Gasteiger partial charge in [-0.15, -0.1) is 11.3 Å². The van der Waals surface area contributed by atoms with Crippen molar-refractivity contribution in [2.24, 2.45) is 0 Å². The van der Waals surface area contributed by atoms with Gasteiger partial charge in [0.05, 0.1) is 9.83 Å². The van der Waals surface area contributed by atoms with E-state index in [1.807, 2.05) is 0 Å². The molecular weight excluding hydrogens is 290 g/mol. The maximum atomic E-state index is 5.30. The molecule has 92 valence electrons. The van der Waals surface area contributed by atoms with Crippen molar-refractivity contribution in [1.29, 1.82) is 0 Å². The summed E-state index contributed by atoms with van der Waals surface area (Å²) >= 11 is 5.21. The fourth-order valence-corrected chi connectivity index (χ4v) is 3.17. The van der Waals surface area contributed by atoms with Crippen molar-refractivity contribution < 1.29 is 9.47 Å². The molecule has 0 fully saturated rings. The largest absolute Gasteiger partial charge is 0.354 e. The molecule has 1 aromatic heterocycles. The molecule has 1 atom stereocenters. The van der Waals surface area contributed by atoms with Crippen LogP contribution < -0.4 is 5.32 Å². The molecule has 0 radical (unpaired) electrons. The van der Waals surface area contributed by atoms with Gasteiger partial charge in [0.1, 0.15) is 0 Å². The molecular formula is C11H18BrNO2S. The van der Waals surface area contributed by atoms with Crippen LogP contribution in [0.4, 0.5) is 0 Å². The quantitative estimate of drug-likeness (QED) is 0.786. The monoisotopic (exact) mass is 307 g/mol. The molecule has 1 aromatic rings. The highest BCUT2D eigenvalue weighted by Gasteiger charge is 2.20. The molecule has 0 saturated heterocycles. The van der Waals surface area contributed by atoms with Gasteiger partial charge in [0.15, 0.2) is 6.29 Å². The molecule has 0 spiro atoms. The lowest BCUT2D eigenvalue weighted by Gasteiger charge is -2.24. The molecule has 5 heteroatoms. The van der Waals surface area contributed by atoms with Gasteiger partial charge in [-0.2, -0.15) is 0 Å². The predicted molar refractivity (Wildman–Crippen MR) is 71.0 cm³/mol. The Hall–Kier alpha value is 0.0600. The first-order valence-electron chi connectivity index (χ1n) is 5.24. The third-order valence-corrected chi connectivity index (χ3v) is 3.96. The van der Waals surface area contributed by atoms with Crippen LogP contribution in [0.3, 0.4) is 0 Å². The van der Waals surface area contributed by atoms with Crippen LogP contribution in [0.15, 0.2) is 15.9 Å². The number of halogens is 1. The molecule has 0 amide bonds. The Morgan fingerprint density at radius 2 is 2.06 bits per heavy atom. The van der Waals surface area contributed by atoms with E-state index in [9.17, 15) is 0 Å². The lowest BCUT2D eigenvalue weighted by Crippen LogP contribution is -2.43. The van der Waals surface area contributed by atoms with Crippen LogP contribution in [-0.2, 0) is 15.9 Å². The minimum absolute atomic E-state index is 0.186. The number of thiophene rings is 1. The summed E-state index contributed by atoms with van der Waals surface area (Å²) in [6.45, 7) is 2.99. The molecule has 1 rings (SSSR count). The summed E-state index contributed by atoms with van der Waals surface area (Å²) in [5.74, 6) is 0. The average molecular weight is 308 g/mol. The number of nitrogens with one attached hydrogen (secondary N) is 1. The summed E-state index contributed by atoms with van der Waals surface area (Å²) in [5, 5.41) is 3.38. The van der Waals surface area contributed by atoms with Crippen molar-refractivity contribution in [3.05, 3.63) is 20.8 Å². The normalized spacial score (nSPS) is 13.3. The lowest BCUT2D eigenvalue weighted by molar-refractivity contribution is -0.122. The van der Waals surface area contributed by atoms with Gasteiger partial charge in [-0.3, -0.25) is 0 Å². The van der Waals surface area contributed by atoms with E-state index in [2.05, 4.69) is 40.3 Å². The second-order valence-corrected chi connectivity index (χ2v) is 5.96. The van der Waals surface area contributed by atoms with Crippen molar-refractivity contribution in [2.75, 3.05) is 20.8 Å². The molecule has 0 aliphatic rings. The summed E-state index contributed by atoms with van der Waals surface area (Å²) in [6.07, 6.45) is 0.706. The highest BCUT2D eigenvalue weighted by atomic mass is 79.9. The van der Waals surface area contributed by atoms with E-state index in [-0.39, 0.29) is 12.3 Å². The van der Waals surface area contributed by atoms with Gasteiger partial charge >= 0.3 is 0 Å². The molecule has 1 heterocycles. The second-order valence-electron chi connectivity index (χ2n) is 3.41. The third-order valence-electron chi connectivity index (χ3n) is 2.31. The number of likely N-dealkylation sites (N-methyl/N-ethyl adjacent to an activating group) is 1. The van der Waals surface area contributed by atoms with E-state index < -0.39 is 0 Å². The van der Waals surface area contributed by atoms with Crippen LogP contribution in [0.5, 0.6) is 0 Å². The summed E-state index contributed by atoms with van der Waals surface area (Å²) in [5.41, 5.74) is 0. The fourth-order valence-electron chi connectivity index (χ4n) is 1.63. The van der Waals surface area contributed by atoms with Crippen LogP contribution in [0.1, 0.15) is 11.8 Å². The molecule has 1 unspecified atom stereocenters. The van der Waals surface area contributed by atoms with Gasteiger partial charge in [-0.1, -0.05) is 6.92 Å². The topological polar surface area (TPSA) is 30.5 Å². The van der Waals surface area contributed by atoms with Gasteiger partial charge < -0.3 is 14.8 Å². The molecule has 0 aliphatic carbocycles. The van der Waals surface area contributed by atoms with Crippen LogP contribution >= 0.6 is 27.3 Å². The Bertz CT molecular complexity index is 302. The van der Waals surface area contributed by atoms with Crippen LogP contribution in [-0.4, -0.2) is 33.1 Å². The Morgan fingerprint density at radius 1 is 1.38 bits per heavy atom. The van der Waals surface area contributed by atoms with Gasteiger partial charge in [-0.05, 0) is 34.6 Å². The van der Waals surface area contributed by atoms with Crippen molar-refractivity contribution in [1.82, 2.24) is 5.32 Å². The zero-order valence-corrected chi connectivity index (χ0v) is 12.2. The number of methoxy groups -OCH3 is 2. The van der Waals surface area contributed by atoms with Gasteiger partial charge in [0, 0.05) is 25.5 Å². The number of rotatable bonds is 7. The summed E-state index contributed by atoms with van der Waals surface area (Å²) in [7, 11) is 3.34. The highest BCUT2D eigenvalue weighted by molar-refractivity contribution is 9.11. The van der Waals surface area contributed by atoms with Crippen molar-refractivity contribution in [3.63, 3.8) is 0 Å². The van der Waals surface area contributed by atoms with E-state index >= 15 is 0 Å². The van der Waals surface area contributed by atoms with Crippen LogP contribution in [0, 0.1) is 0 Å². The van der Waals surface area contributed by atoms with Crippen LogP contribution in [0.25, 0.3) is 0 Å². The molecule has 0 saturated carbocycles. The van der Waals surface area contributed by atoms with Crippen molar-refractivity contribution in [2.45, 2.75) is 25.7 Å². The SMILES string of the molecule is CCNC(Cc1ccc(Br)s1)C(OC)OC. The fraction of sp³-hybridized carbons (Fsp3) is 0.636. The summed E-state index contributed by atoms with van der Waals surface area (Å²) in [6, 6.07) is 4.38. The van der Waals surface area contributed by atoms with Gasteiger partial charge in [0.25, 0.3) is 0 Å². The van der Waals surface area contributed by atoms with Gasteiger partial charge in [0.2, 0.25) is 0 Å². The first-order chi connectivity index (χ1) is 7.71. The maximum Gasteiger partial charge on any atom is 0.172 e. The Morgan fingerprint density at radius 3 is 2.50 bits per heavy atom. The molecule has 1 N–H and O–H groups in total. The lowest BCUT2D eigenvalue weighted by atomic mass is 10.1. The van der Waals surface area contributed by atoms with Gasteiger partial charge in [-0.25, -0.2) is 0 Å². The Balaban J connectivity index is 2.63. The first-order valence-corrected chi connectivity index (χ1v) is 6.85. The van der Waals surface area contributed by atoms with E-state index in [4.69, 9.17) is 9.47 Å². The summed E-state index contributed by atoms with van der Waals surface area (Å²) in [4.78, 5) is 1.32. The maximum absolute atomic E-state index is 5.30. The van der Waals surface area contributed by atoms with E-state index in [0.717, 1.165) is 16.8 Å². The minimum atomic E-state index is -0.208. The minimum Gasteiger partial charge on any atom is -0.354 e. The van der Waals surface area contributed by atoms with E-state index in [0.29, 0.717) is 0 Å². The van der Waals surface area contributed by atoms with E-state index in [1.165, 1.54) is 4.88 Å². The second kappa shape index (κ2) is 7.40. The standard InChI is InChI=1S/C11H18BrNO2S/c1-4-13-9(11(14-2)15-3)7-8-5-6-10(12)16-8/h5-6,9,11,13H,4,7H2,1-3H3. The average Bonchev–Trinajstić information content (AvgIpc) is 2.66. The number of hydrogen-bond donors (Lipinski definition) is 1. The number of ether oxygens (including phenoxy) is 2. The first kappa shape index (κ1) is 14.1. The zero-order valence-electron chi connectivity index (χ0n) is 9.83. The van der Waals surface area contributed by atoms with Crippen molar-refractivity contribution >= 4 is 27.3 Å². The Labute approximate surface area is 109 Å². The molecule has 0 bridgehead atoms. The highest BCUT2D eigenvalue weighted by Crippen LogP contribution is 2.23. The van der Waals surface area contributed by atoms with Crippen molar-refractivity contribution in [3.8, 4) is 0 Å². The predicted octanol–water partition coefficient (Wildman–Crippen LogP) is 2.65. The zero-order chi connectivity index (χ0) is 12.0. The molecule has 0 aliphatic heterocycles. The molecule has 0 aromatic carbocycles.